The average molecular weight is 654 g/mol. The lowest BCUT2D eigenvalue weighted by atomic mass is 9.88. The predicted octanol–water partition coefficient (Wildman–Crippen LogP) is 5.11. The van der Waals surface area contributed by atoms with Crippen molar-refractivity contribution in [3.05, 3.63) is 47.1 Å². The minimum atomic E-state index is -3.81. The Labute approximate surface area is 261 Å². The van der Waals surface area contributed by atoms with Gasteiger partial charge < -0.3 is 19.4 Å². The van der Waals surface area contributed by atoms with Crippen molar-refractivity contribution in [3.63, 3.8) is 0 Å². The Morgan fingerprint density at radius 1 is 1.00 bits per heavy atom. The molecule has 1 atom stereocenters. The van der Waals surface area contributed by atoms with Crippen LogP contribution in [0, 0.1) is 5.92 Å². The molecule has 0 radical (unpaired) electrons. The number of ether oxygens (including phenoxy) is 1. The largest absolute Gasteiger partial charge is 0.444 e. The first-order valence-electron chi connectivity index (χ1n) is 14.8. The molecule has 0 unspecified atom stereocenters. The van der Waals surface area contributed by atoms with Gasteiger partial charge in [-0.2, -0.15) is 4.31 Å². The minimum absolute atomic E-state index is 0.0220. The van der Waals surface area contributed by atoms with Crippen molar-refractivity contribution in [2.24, 2.45) is 5.92 Å². The number of hydrogen-bond donors (Lipinski definition) is 0. The number of anilines is 2. The zero-order chi connectivity index (χ0) is 31.9. The van der Waals surface area contributed by atoms with Crippen LogP contribution in [0.25, 0.3) is 0 Å². The summed E-state index contributed by atoms with van der Waals surface area (Å²) >= 11 is 6.23. The van der Waals surface area contributed by atoms with Crippen LogP contribution in [-0.2, 0) is 25.5 Å². The molecule has 0 aliphatic carbocycles. The first-order chi connectivity index (χ1) is 20.6. The first kappa shape index (κ1) is 32.4. The number of carbonyl (C=O) groups is 2. The van der Waals surface area contributed by atoms with Crippen LogP contribution in [0.15, 0.2) is 41.3 Å². The maximum absolute atomic E-state index is 15.9. The second kappa shape index (κ2) is 12.4. The van der Waals surface area contributed by atoms with Crippen molar-refractivity contribution >= 4 is 45.1 Å². The summed E-state index contributed by atoms with van der Waals surface area (Å²) in [7, 11) is -3.81. The second-order valence-electron chi connectivity index (χ2n) is 12.5. The van der Waals surface area contributed by atoms with E-state index in [1.165, 1.54) is 27.4 Å². The Morgan fingerprint density at radius 2 is 1.68 bits per heavy atom. The van der Waals surface area contributed by atoms with Crippen molar-refractivity contribution in [3.8, 4) is 0 Å². The number of piperidine rings is 1. The zero-order valence-corrected chi connectivity index (χ0v) is 26.7. The van der Waals surface area contributed by atoms with Gasteiger partial charge in [-0.05, 0) is 76.4 Å². The summed E-state index contributed by atoms with van der Waals surface area (Å²) in [6.07, 6.45) is 1.29. The third-order valence-corrected chi connectivity index (χ3v) is 10.3. The number of nitrogens with zero attached hydrogens (tertiary/aromatic N) is 5. The van der Waals surface area contributed by atoms with Crippen LogP contribution in [0.4, 0.5) is 25.1 Å². The molecule has 10 nitrogen and oxygen atoms in total. The summed E-state index contributed by atoms with van der Waals surface area (Å²) in [5.41, 5.74) is -0.361. The van der Waals surface area contributed by atoms with Crippen LogP contribution in [0.5, 0.6) is 0 Å². The van der Waals surface area contributed by atoms with Gasteiger partial charge in [-0.3, -0.25) is 4.79 Å². The fraction of sp³-hybridized carbons (Fsp3) is 0.567. The minimum Gasteiger partial charge on any atom is -0.444 e. The lowest BCUT2D eigenvalue weighted by Crippen LogP contribution is -2.49. The molecule has 44 heavy (non-hydrogen) atoms. The SMILES string of the molecule is CC(C)(C)OC(=O)N1CCC[C@@H](C(F)(F)c2cc(Cl)nc(N3CCN(S(=O)(=O)c4ccc(N5CCCC5=O)cc4)CC3)c2)C1. The van der Waals surface area contributed by atoms with E-state index in [2.05, 4.69) is 4.98 Å². The van der Waals surface area contributed by atoms with E-state index >= 15 is 8.78 Å². The summed E-state index contributed by atoms with van der Waals surface area (Å²) in [4.78, 5) is 33.7. The van der Waals surface area contributed by atoms with Crippen LogP contribution in [0.1, 0.15) is 52.0 Å². The molecule has 0 N–H and O–H groups in total. The molecule has 3 fully saturated rings. The van der Waals surface area contributed by atoms with Crippen LogP contribution in [0.2, 0.25) is 5.15 Å². The molecule has 0 bridgehead atoms. The van der Waals surface area contributed by atoms with E-state index in [0.717, 1.165) is 12.5 Å². The van der Waals surface area contributed by atoms with Gasteiger partial charge in [0.15, 0.2) is 0 Å². The molecule has 3 saturated heterocycles. The fourth-order valence-electron chi connectivity index (χ4n) is 5.86. The number of aromatic nitrogens is 1. The third kappa shape index (κ3) is 6.94. The standard InChI is InChI=1S/C30H38ClF2N5O5S/c1-29(2,3)43-28(40)36-12-4-6-21(20-36)30(32,33)22-18-25(31)34-26(19-22)35-14-16-37(17-15-35)44(41,42)24-10-8-23(9-11-24)38-13-5-7-27(38)39/h8-11,18-19,21H,4-7,12-17,20H2,1-3H3/t21-/m1/s1. The predicted molar refractivity (Wildman–Crippen MR) is 163 cm³/mol. The van der Waals surface area contributed by atoms with Gasteiger partial charge in [-0.25, -0.2) is 27.0 Å². The number of sulfonamides is 1. The highest BCUT2D eigenvalue weighted by Crippen LogP contribution is 2.42. The molecule has 3 aliphatic rings. The van der Waals surface area contributed by atoms with E-state index in [9.17, 15) is 18.0 Å². The highest BCUT2D eigenvalue weighted by atomic mass is 35.5. The number of benzene rings is 1. The Hall–Kier alpha value is -3.03. The van der Waals surface area contributed by atoms with Gasteiger partial charge in [0.1, 0.15) is 16.6 Å². The van der Waals surface area contributed by atoms with Gasteiger partial charge in [0.25, 0.3) is 5.92 Å². The van der Waals surface area contributed by atoms with Crippen LogP contribution >= 0.6 is 11.6 Å². The topological polar surface area (TPSA) is 103 Å². The van der Waals surface area contributed by atoms with Gasteiger partial charge >= 0.3 is 6.09 Å². The van der Waals surface area contributed by atoms with Crippen molar-refractivity contribution in [1.29, 1.82) is 0 Å². The van der Waals surface area contributed by atoms with Gasteiger partial charge in [0.2, 0.25) is 15.9 Å². The van der Waals surface area contributed by atoms with Gasteiger partial charge in [0.05, 0.1) is 4.90 Å². The maximum atomic E-state index is 15.9. The van der Waals surface area contributed by atoms with Crippen molar-refractivity contribution in [2.75, 3.05) is 55.6 Å². The van der Waals surface area contributed by atoms with Gasteiger partial charge in [0, 0.05) is 69.4 Å². The monoisotopic (exact) mass is 653 g/mol. The Kier molecular flexibility index (Phi) is 9.12. The lowest BCUT2D eigenvalue weighted by molar-refractivity contribution is -0.117. The molecular formula is C30H38ClF2N5O5S. The fourth-order valence-corrected chi connectivity index (χ4v) is 7.49. The number of alkyl halides is 2. The third-order valence-electron chi connectivity index (χ3n) is 8.17. The van der Waals surface area contributed by atoms with Crippen molar-refractivity contribution in [2.45, 2.75) is 62.9 Å². The van der Waals surface area contributed by atoms with Crippen LogP contribution in [-0.4, -0.2) is 86.0 Å². The Morgan fingerprint density at radius 3 is 2.30 bits per heavy atom. The molecule has 14 heteroatoms. The Bertz CT molecular complexity index is 1490. The number of hydrogen-bond acceptors (Lipinski definition) is 7. The number of pyridine rings is 1. The molecule has 1 aromatic heterocycles. The summed E-state index contributed by atoms with van der Waals surface area (Å²) in [6.45, 7) is 6.71. The Balaban J connectivity index is 1.25. The van der Waals surface area contributed by atoms with E-state index < -0.39 is 33.6 Å². The zero-order valence-electron chi connectivity index (χ0n) is 25.1. The van der Waals surface area contributed by atoms with Crippen LogP contribution < -0.4 is 9.80 Å². The number of likely N-dealkylation sites (tertiary alicyclic amines) is 1. The van der Waals surface area contributed by atoms with E-state index in [-0.39, 0.29) is 66.5 Å². The smallest absolute Gasteiger partial charge is 0.410 e. The molecule has 3 aliphatic heterocycles. The highest BCUT2D eigenvalue weighted by Gasteiger charge is 2.45. The first-order valence-corrected chi connectivity index (χ1v) is 16.7. The molecule has 1 aromatic carbocycles. The molecule has 4 heterocycles. The normalized spacial score (nSPS) is 20.7. The quantitative estimate of drug-likeness (QED) is 0.399. The molecule has 2 amide bonds. The average Bonchev–Trinajstić information content (AvgIpc) is 3.42. The molecular weight excluding hydrogens is 616 g/mol. The number of carbonyl (C=O) groups excluding carboxylic acids is 2. The van der Waals surface area contributed by atoms with Crippen molar-refractivity contribution in [1.82, 2.24) is 14.2 Å². The summed E-state index contributed by atoms with van der Waals surface area (Å²) in [6, 6.07) is 8.75. The van der Waals surface area contributed by atoms with Crippen molar-refractivity contribution < 1.29 is 31.5 Å². The van der Waals surface area contributed by atoms with Gasteiger partial charge in [-0.15, -0.1) is 0 Å². The number of piperazine rings is 1. The van der Waals surface area contributed by atoms with Gasteiger partial charge in [-0.1, -0.05) is 11.6 Å². The summed E-state index contributed by atoms with van der Waals surface area (Å²) in [5, 5.41) is -0.0939. The number of halogens is 3. The molecule has 5 rings (SSSR count). The van der Waals surface area contributed by atoms with E-state index in [1.54, 1.807) is 42.7 Å². The molecule has 0 saturated carbocycles. The molecule has 240 valence electrons. The molecule has 2 aromatic rings. The molecule has 0 spiro atoms. The lowest BCUT2D eigenvalue weighted by Gasteiger charge is -2.38. The van der Waals surface area contributed by atoms with E-state index in [0.29, 0.717) is 31.6 Å². The number of amides is 2. The highest BCUT2D eigenvalue weighted by molar-refractivity contribution is 7.89. The van der Waals surface area contributed by atoms with Crippen LogP contribution in [0.3, 0.4) is 0 Å². The van der Waals surface area contributed by atoms with E-state index in [1.807, 2.05) is 0 Å². The van der Waals surface area contributed by atoms with E-state index in [4.69, 9.17) is 16.3 Å². The number of rotatable bonds is 6. The summed E-state index contributed by atoms with van der Waals surface area (Å²) in [5.74, 6) is -4.16. The summed E-state index contributed by atoms with van der Waals surface area (Å²) < 4.78 is 65.3. The maximum Gasteiger partial charge on any atom is 0.410 e. The second-order valence-corrected chi connectivity index (χ2v) is 14.8.